The Balaban J connectivity index is 2.10. The van der Waals surface area contributed by atoms with Gasteiger partial charge in [-0.2, -0.15) is 0 Å². The van der Waals surface area contributed by atoms with Crippen molar-refractivity contribution in [3.8, 4) is 5.75 Å². The lowest BCUT2D eigenvalue weighted by molar-refractivity contribution is -0.139. The van der Waals surface area contributed by atoms with Crippen LogP contribution in [0.2, 0.25) is 10.0 Å². The molecule has 0 aromatic heterocycles. The lowest BCUT2D eigenvalue weighted by atomic mass is 10.1. The van der Waals surface area contributed by atoms with Gasteiger partial charge in [-0.3, -0.25) is 13.9 Å². The van der Waals surface area contributed by atoms with Crippen LogP contribution in [0.15, 0.2) is 76.5 Å². The van der Waals surface area contributed by atoms with Crippen LogP contribution in [0.3, 0.4) is 0 Å². The second-order valence-corrected chi connectivity index (χ2v) is 12.2. The Labute approximate surface area is 249 Å². The smallest absolute Gasteiger partial charge is 0.264 e. The molecule has 1 atom stereocenters. The predicted molar refractivity (Wildman–Crippen MR) is 161 cm³/mol. The van der Waals surface area contributed by atoms with E-state index in [0.29, 0.717) is 21.4 Å². The van der Waals surface area contributed by atoms with Crippen LogP contribution >= 0.6 is 35.0 Å². The van der Waals surface area contributed by atoms with E-state index in [9.17, 15) is 18.0 Å². The molecule has 0 spiro atoms. The van der Waals surface area contributed by atoms with Crippen LogP contribution in [-0.2, 0) is 26.2 Å². The molecule has 0 aliphatic rings. The summed E-state index contributed by atoms with van der Waals surface area (Å²) in [4.78, 5) is 28.8. The third-order valence-electron chi connectivity index (χ3n) is 6.13. The first-order valence-corrected chi connectivity index (χ1v) is 15.8. The van der Waals surface area contributed by atoms with Gasteiger partial charge in [0, 0.05) is 28.5 Å². The maximum Gasteiger partial charge on any atom is 0.264 e. The van der Waals surface area contributed by atoms with Gasteiger partial charge in [-0.15, -0.1) is 11.8 Å². The zero-order chi connectivity index (χ0) is 29.4. The number of rotatable bonds is 12. The highest BCUT2D eigenvalue weighted by atomic mass is 35.5. The number of carbonyl (C=O) groups excluding carboxylic acids is 2. The Kier molecular flexibility index (Phi) is 11.2. The number of hydrogen-bond donors (Lipinski definition) is 1. The number of anilines is 1. The number of likely N-dealkylation sites (N-methyl/N-ethyl adjacent to an activating group) is 1. The van der Waals surface area contributed by atoms with E-state index < -0.39 is 34.4 Å². The first kappa shape index (κ1) is 31.6. The molecular formula is C28H31Cl2N3O5S2. The molecule has 0 heterocycles. The Morgan fingerprint density at radius 2 is 1.73 bits per heavy atom. The van der Waals surface area contributed by atoms with E-state index in [4.69, 9.17) is 27.9 Å². The van der Waals surface area contributed by atoms with Crippen molar-refractivity contribution in [1.29, 1.82) is 0 Å². The van der Waals surface area contributed by atoms with E-state index in [0.717, 1.165) is 9.20 Å². The summed E-state index contributed by atoms with van der Waals surface area (Å²) in [5.41, 5.74) is 0.746. The van der Waals surface area contributed by atoms with E-state index in [1.165, 1.54) is 35.8 Å². The number of thioether (sulfide) groups is 1. The number of amides is 2. The number of hydrogen-bond acceptors (Lipinski definition) is 6. The molecule has 0 aliphatic heterocycles. The Morgan fingerprint density at radius 3 is 2.33 bits per heavy atom. The molecule has 214 valence electrons. The third kappa shape index (κ3) is 7.42. The van der Waals surface area contributed by atoms with E-state index >= 15 is 0 Å². The first-order valence-electron chi connectivity index (χ1n) is 12.4. The molecule has 0 aliphatic carbocycles. The largest absolute Gasteiger partial charge is 0.492 e. The van der Waals surface area contributed by atoms with Gasteiger partial charge in [0.2, 0.25) is 11.8 Å². The van der Waals surface area contributed by atoms with E-state index in [1.807, 2.05) is 6.26 Å². The number of halogens is 2. The third-order valence-corrected chi connectivity index (χ3v) is 9.23. The van der Waals surface area contributed by atoms with Crippen molar-refractivity contribution >= 4 is 62.5 Å². The van der Waals surface area contributed by atoms with Crippen LogP contribution in [0.1, 0.15) is 19.4 Å². The Bertz CT molecular complexity index is 1450. The molecule has 0 saturated carbocycles. The van der Waals surface area contributed by atoms with E-state index in [1.54, 1.807) is 68.4 Å². The molecule has 3 aromatic rings. The van der Waals surface area contributed by atoms with Crippen LogP contribution in [0.4, 0.5) is 5.69 Å². The molecular weight excluding hydrogens is 593 g/mol. The maximum atomic E-state index is 14.0. The lowest BCUT2D eigenvalue weighted by Gasteiger charge is -2.32. The zero-order valence-corrected chi connectivity index (χ0v) is 25.7. The predicted octanol–water partition coefficient (Wildman–Crippen LogP) is 5.47. The quantitative estimate of drug-likeness (QED) is 0.269. The summed E-state index contributed by atoms with van der Waals surface area (Å²) in [7, 11) is -2.77. The second kappa shape index (κ2) is 14.1. The minimum Gasteiger partial charge on any atom is -0.492 e. The molecule has 0 fully saturated rings. The number of sulfonamides is 1. The molecule has 0 radical (unpaired) electrons. The summed E-state index contributed by atoms with van der Waals surface area (Å²) in [6, 6.07) is 16.9. The van der Waals surface area contributed by atoms with Crippen molar-refractivity contribution in [1.82, 2.24) is 10.2 Å². The molecule has 8 nitrogen and oxygen atoms in total. The maximum absolute atomic E-state index is 14.0. The van der Waals surface area contributed by atoms with Gasteiger partial charge in [-0.1, -0.05) is 41.4 Å². The van der Waals surface area contributed by atoms with Gasteiger partial charge in [0.1, 0.15) is 18.3 Å². The van der Waals surface area contributed by atoms with Crippen LogP contribution < -0.4 is 14.4 Å². The van der Waals surface area contributed by atoms with Crippen molar-refractivity contribution < 1.29 is 22.7 Å². The van der Waals surface area contributed by atoms with Gasteiger partial charge in [-0.25, -0.2) is 8.42 Å². The first-order chi connectivity index (χ1) is 19.0. The van der Waals surface area contributed by atoms with Gasteiger partial charge >= 0.3 is 0 Å². The van der Waals surface area contributed by atoms with Gasteiger partial charge < -0.3 is 15.0 Å². The monoisotopic (exact) mass is 623 g/mol. The highest BCUT2D eigenvalue weighted by Gasteiger charge is 2.33. The van der Waals surface area contributed by atoms with Gasteiger partial charge in [0.15, 0.2) is 0 Å². The molecule has 0 saturated heterocycles. The van der Waals surface area contributed by atoms with E-state index in [-0.39, 0.29) is 23.7 Å². The second-order valence-electron chi connectivity index (χ2n) is 8.64. The number of para-hydroxylation sites is 2. The molecule has 3 aromatic carbocycles. The summed E-state index contributed by atoms with van der Waals surface area (Å²) in [5.74, 6) is -0.735. The van der Waals surface area contributed by atoms with Crippen molar-refractivity contribution in [3.05, 3.63) is 82.3 Å². The topological polar surface area (TPSA) is 96.0 Å². The average molecular weight is 625 g/mol. The van der Waals surface area contributed by atoms with Gasteiger partial charge in [0.25, 0.3) is 10.0 Å². The molecule has 0 bridgehead atoms. The number of nitrogens with one attached hydrogen (secondary N) is 1. The van der Waals surface area contributed by atoms with Crippen molar-refractivity contribution in [2.45, 2.75) is 36.2 Å². The van der Waals surface area contributed by atoms with Crippen molar-refractivity contribution in [2.75, 3.05) is 30.8 Å². The van der Waals surface area contributed by atoms with Crippen LogP contribution in [0, 0.1) is 0 Å². The number of ether oxygens (including phenoxy) is 1. The molecule has 0 unspecified atom stereocenters. The van der Waals surface area contributed by atoms with Crippen molar-refractivity contribution in [3.63, 3.8) is 0 Å². The van der Waals surface area contributed by atoms with Gasteiger partial charge in [-0.05, 0) is 74.2 Å². The Morgan fingerprint density at radius 1 is 1.05 bits per heavy atom. The van der Waals surface area contributed by atoms with Crippen LogP contribution in [0.5, 0.6) is 5.75 Å². The standard InChI is InChI=1S/C28H31Cl2N3O5S2/c1-5-38-26-9-7-6-8-25(26)33(40(36,37)23-14-12-22(39-4)13-15-23)18-27(34)32(19(2)28(35)31-3)17-20-10-11-21(29)16-24(20)30/h6-16,19H,5,17-18H2,1-4H3,(H,31,35)/t19-/m0/s1. The number of nitrogens with zero attached hydrogens (tertiary/aromatic N) is 2. The number of benzene rings is 3. The molecule has 12 heteroatoms. The van der Waals surface area contributed by atoms with Crippen LogP contribution in [0.25, 0.3) is 0 Å². The molecule has 1 N–H and O–H groups in total. The average Bonchev–Trinajstić information content (AvgIpc) is 2.95. The van der Waals surface area contributed by atoms with E-state index in [2.05, 4.69) is 5.32 Å². The summed E-state index contributed by atoms with van der Waals surface area (Å²) >= 11 is 13.9. The molecule has 40 heavy (non-hydrogen) atoms. The fourth-order valence-electron chi connectivity index (χ4n) is 3.95. The van der Waals surface area contributed by atoms with Gasteiger partial charge in [0.05, 0.1) is 17.2 Å². The summed E-state index contributed by atoms with van der Waals surface area (Å²) in [6.45, 7) is 2.99. The molecule has 2 amide bonds. The Hall–Kier alpha value is -2.92. The minimum atomic E-state index is -4.23. The summed E-state index contributed by atoms with van der Waals surface area (Å²) < 4.78 is 34.8. The minimum absolute atomic E-state index is 0.0102. The normalized spacial score (nSPS) is 11.9. The number of carbonyl (C=O) groups is 2. The fourth-order valence-corrected chi connectivity index (χ4v) is 6.26. The van der Waals surface area contributed by atoms with Crippen LogP contribution in [-0.4, -0.2) is 57.6 Å². The highest BCUT2D eigenvalue weighted by molar-refractivity contribution is 7.98. The zero-order valence-electron chi connectivity index (χ0n) is 22.6. The highest BCUT2D eigenvalue weighted by Crippen LogP contribution is 2.33. The summed E-state index contributed by atoms with van der Waals surface area (Å²) in [6.07, 6.45) is 1.89. The molecule has 3 rings (SSSR count). The summed E-state index contributed by atoms with van der Waals surface area (Å²) in [5, 5.41) is 3.28. The van der Waals surface area contributed by atoms with Crippen molar-refractivity contribution in [2.24, 2.45) is 0 Å². The lowest BCUT2D eigenvalue weighted by Crippen LogP contribution is -2.50. The fraction of sp³-hybridized carbons (Fsp3) is 0.286. The SMILES string of the molecule is CCOc1ccccc1N(CC(=O)N(Cc1ccc(Cl)cc1Cl)[C@@H](C)C(=O)NC)S(=O)(=O)c1ccc(SC)cc1.